The monoisotopic (exact) mass is 486 g/mol. The molecular formula is C17H23IN6OS. The van der Waals surface area contributed by atoms with Crippen LogP contribution in [0.5, 0.6) is 0 Å². The van der Waals surface area contributed by atoms with E-state index in [0.717, 1.165) is 18.3 Å². The second-order valence-corrected chi connectivity index (χ2v) is 6.45. The topological polar surface area (TPSA) is 91.1 Å². The number of H-pyrrole nitrogens is 1. The first-order valence-corrected chi connectivity index (χ1v) is 9.12. The molecule has 0 aliphatic carbocycles. The van der Waals surface area contributed by atoms with Gasteiger partial charge in [-0.15, -0.1) is 24.0 Å². The number of aliphatic imine (C=N–C) groups is 1. The lowest BCUT2D eigenvalue weighted by Crippen LogP contribution is -2.40. The normalized spacial score (nSPS) is 12.5. The summed E-state index contributed by atoms with van der Waals surface area (Å²) in [5.41, 5.74) is 1.35. The fourth-order valence-electron chi connectivity index (χ4n) is 2.37. The molecule has 140 valence electrons. The quantitative estimate of drug-likeness (QED) is 0.271. The number of nitrogens with one attached hydrogen (secondary N) is 3. The van der Waals surface area contributed by atoms with Gasteiger partial charge in [0.25, 0.3) is 0 Å². The molecule has 0 saturated carbocycles. The van der Waals surface area contributed by atoms with Crippen LogP contribution in [0.4, 0.5) is 0 Å². The van der Waals surface area contributed by atoms with Gasteiger partial charge in [0.2, 0.25) is 5.82 Å². The molecule has 26 heavy (non-hydrogen) atoms. The molecule has 0 aromatic carbocycles. The number of guanidine groups is 1. The molecule has 0 fully saturated rings. The van der Waals surface area contributed by atoms with Gasteiger partial charge in [-0.2, -0.15) is 16.4 Å². The largest absolute Gasteiger partial charge is 0.461 e. The summed E-state index contributed by atoms with van der Waals surface area (Å²) in [5, 5.41) is 18.0. The molecule has 1 atom stereocenters. The molecule has 3 aromatic rings. The molecular weight excluding hydrogens is 463 g/mol. The molecule has 0 aliphatic rings. The number of furan rings is 1. The van der Waals surface area contributed by atoms with Crippen LogP contribution in [-0.4, -0.2) is 41.3 Å². The predicted molar refractivity (Wildman–Crippen MR) is 115 cm³/mol. The van der Waals surface area contributed by atoms with Gasteiger partial charge >= 0.3 is 0 Å². The van der Waals surface area contributed by atoms with E-state index in [1.165, 1.54) is 5.56 Å². The maximum Gasteiger partial charge on any atom is 0.216 e. The summed E-state index contributed by atoms with van der Waals surface area (Å²) in [5.74, 6) is 3.27. The summed E-state index contributed by atoms with van der Waals surface area (Å²) in [6.07, 6.45) is 2.33. The van der Waals surface area contributed by atoms with Gasteiger partial charge < -0.3 is 15.1 Å². The zero-order valence-electron chi connectivity index (χ0n) is 14.7. The minimum Gasteiger partial charge on any atom is -0.461 e. The molecule has 0 amide bonds. The summed E-state index contributed by atoms with van der Waals surface area (Å²) < 4.78 is 5.29. The van der Waals surface area contributed by atoms with Gasteiger partial charge in [-0.05, 0) is 40.4 Å². The Bertz CT molecular complexity index is 784. The summed E-state index contributed by atoms with van der Waals surface area (Å²) in [6.45, 7) is 3.74. The van der Waals surface area contributed by atoms with Gasteiger partial charge in [0.05, 0.1) is 6.26 Å². The van der Waals surface area contributed by atoms with Gasteiger partial charge in [-0.3, -0.25) is 10.1 Å². The minimum absolute atomic E-state index is 0. The lowest BCUT2D eigenvalue weighted by Gasteiger charge is -2.15. The molecule has 3 heterocycles. The van der Waals surface area contributed by atoms with Crippen molar-refractivity contribution in [3.63, 3.8) is 0 Å². The SMILES string of the molecule is CN=C(NCCc1nc(-c2ccco2)n[nH]1)NCC(C)c1ccsc1.I. The Morgan fingerprint density at radius 3 is 2.96 bits per heavy atom. The van der Waals surface area contributed by atoms with Crippen LogP contribution in [0.3, 0.4) is 0 Å². The molecule has 3 aromatic heterocycles. The zero-order chi connectivity index (χ0) is 17.5. The van der Waals surface area contributed by atoms with Crippen LogP contribution >= 0.6 is 35.3 Å². The van der Waals surface area contributed by atoms with Crippen molar-refractivity contribution in [2.24, 2.45) is 4.99 Å². The van der Waals surface area contributed by atoms with E-state index in [9.17, 15) is 0 Å². The van der Waals surface area contributed by atoms with Crippen molar-refractivity contribution < 1.29 is 4.42 Å². The third-order valence-electron chi connectivity index (χ3n) is 3.84. The Hall–Kier alpha value is -1.88. The van der Waals surface area contributed by atoms with Crippen LogP contribution in [0.15, 0.2) is 44.6 Å². The predicted octanol–water partition coefficient (Wildman–Crippen LogP) is 3.26. The highest BCUT2D eigenvalue weighted by molar-refractivity contribution is 14.0. The fourth-order valence-corrected chi connectivity index (χ4v) is 3.15. The van der Waals surface area contributed by atoms with Crippen LogP contribution < -0.4 is 10.6 Å². The van der Waals surface area contributed by atoms with Crippen molar-refractivity contribution in [3.05, 3.63) is 46.6 Å². The molecule has 0 bridgehead atoms. The van der Waals surface area contributed by atoms with Gasteiger partial charge in [0.15, 0.2) is 11.7 Å². The highest BCUT2D eigenvalue weighted by Crippen LogP contribution is 2.17. The number of hydrogen-bond acceptors (Lipinski definition) is 5. The van der Waals surface area contributed by atoms with E-state index in [1.54, 1.807) is 24.6 Å². The highest BCUT2D eigenvalue weighted by atomic mass is 127. The number of aromatic nitrogens is 3. The van der Waals surface area contributed by atoms with E-state index in [0.29, 0.717) is 30.5 Å². The minimum atomic E-state index is 0. The number of nitrogens with zero attached hydrogens (tertiary/aromatic N) is 3. The molecule has 9 heteroatoms. The second-order valence-electron chi connectivity index (χ2n) is 5.67. The summed E-state index contributed by atoms with van der Waals surface area (Å²) in [4.78, 5) is 8.68. The van der Waals surface area contributed by atoms with Crippen molar-refractivity contribution in [1.29, 1.82) is 0 Å². The van der Waals surface area contributed by atoms with Gasteiger partial charge in [-0.1, -0.05) is 6.92 Å². The number of hydrogen-bond donors (Lipinski definition) is 3. The maximum atomic E-state index is 5.29. The average Bonchev–Trinajstić information content (AvgIpc) is 3.39. The average molecular weight is 486 g/mol. The Labute approximate surface area is 173 Å². The number of thiophene rings is 1. The van der Waals surface area contributed by atoms with Crippen LogP contribution in [0, 0.1) is 0 Å². The molecule has 0 spiro atoms. The van der Waals surface area contributed by atoms with Crippen molar-refractivity contribution in [3.8, 4) is 11.6 Å². The van der Waals surface area contributed by atoms with E-state index in [2.05, 4.69) is 54.6 Å². The summed E-state index contributed by atoms with van der Waals surface area (Å²) in [6, 6.07) is 5.82. The Balaban J connectivity index is 0.00000243. The number of halogens is 1. The first-order chi connectivity index (χ1) is 12.3. The molecule has 3 rings (SSSR count). The third-order valence-corrected chi connectivity index (χ3v) is 4.54. The standard InChI is InChI=1S/C17H22N6OS.HI/c1-12(13-6-9-25-11-13)10-20-17(18-2)19-7-5-15-21-16(23-22-15)14-4-3-8-24-14;/h3-4,6,8-9,11-12H,5,7,10H2,1-2H3,(H2,18,19,20)(H,21,22,23);1H. The third kappa shape index (κ3) is 5.56. The fraction of sp³-hybridized carbons (Fsp3) is 0.353. The lowest BCUT2D eigenvalue weighted by molar-refractivity contribution is 0.577. The van der Waals surface area contributed by atoms with Gasteiger partial charge in [0.1, 0.15) is 5.82 Å². The molecule has 0 aliphatic heterocycles. The highest BCUT2D eigenvalue weighted by Gasteiger charge is 2.09. The van der Waals surface area contributed by atoms with E-state index in [4.69, 9.17) is 4.42 Å². The van der Waals surface area contributed by atoms with E-state index < -0.39 is 0 Å². The Morgan fingerprint density at radius 2 is 2.27 bits per heavy atom. The number of aromatic amines is 1. The van der Waals surface area contributed by atoms with Crippen molar-refractivity contribution in [1.82, 2.24) is 25.8 Å². The Morgan fingerprint density at radius 1 is 1.38 bits per heavy atom. The van der Waals surface area contributed by atoms with Crippen LogP contribution in [0.1, 0.15) is 24.2 Å². The smallest absolute Gasteiger partial charge is 0.216 e. The maximum absolute atomic E-state index is 5.29. The van der Waals surface area contributed by atoms with Crippen molar-refractivity contribution in [2.45, 2.75) is 19.3 Å². The van der Waals surface area contributed by atoms with E-state index >= 15 is 0 Å². The van der Waals surface area contributed by atoms with Crippen molar-refractivity contribution in [2.75, 3.05) is 20.1 Å². The summed E-state index contributed by atoms with van der Waals surface area (Å²) in [7, 11) is 1.77. The molecule has 0 saturated heterocycles. The zero-order valence-corrected chi connectivity index (χ0v) is 17.9. The van der Waals surface area contributed by atoms with Crippen LogP contribution in [0.2, 0.25) is 0 Å². The molecule has 3 N–H and O–H groups in total. The second kappa shape index (κ2) is 10.3. The first kappa shape index (κ1) is 20.4. The molecule has 7 nitrogen and oxygen atoms in total. The van der Waals surface area contributed by atoms with Crippen molar-refractivity contribution >= 4 is 41.3 Å². The van der Waals surface area contributed by atoms with Crippen LogP contribution in [-0.2, 0) is 6.42 Å². The Kier molecular flexibility index (Phi) is 8.10. The summed E-state index contributed by atoms with van der Waals surface area (Å²) >= 11 is 1.72. The van der Waals surface area contributed by atoms with Gasteiger partial charge in [0, 0.05) is 26.6 Å². The molecule has 0 radical (unpaired) electrons. The lowest BCUT2D eigenvalue weighted by atomic mass is 10.1. The van der Waals surface area contributed by atoms with Crippen LogP contribution in [0.25, 0.3) is 11.6 Å². The van der Waals surface area contributed by atoms with Gasteiger partial charge in [-0.25, -0.2) is 4.98 Å². The first-order valence-electron chi connectivity index (χ1n) is 8.18. The number of rotatable bonds is 7. The van der Waals surface area contributed by atoms with E-state index in [1.807, 2.05) is 12.1 Å². The molecule has 1 unspecified atom stereocenters. The van der Waals surface area contributed by atoms with E-state index in [-0.39, 0.29) is 24.0 Å².